The lowest BCUT2D eigenvalue weighted by molar-refractivity contribution is 0.0976. The van der Waals surface area contributed by atoms with Crippen LogP contribution in [0.2, 0.25) is 0 Å². The van der Waals surface area contributed by atoms with E-state index in [0.29, 0.717) is 12.4 Å². The molecule has 0 amide bonds. The van der Waals surface area contributed by atoms with E-state index in [9.17, 15) is 4.79 Å². The third-order valence-corrected chi connectivity index (χ3v) is 7.43. The van der Waals surface area contributed by atoms with E-state index in [1.165, 1.54) is 16.9 Å². The quantitative estimate of drug-likeness (QED) is 0.287. The molecule has 1 aromatic carbocycles. The van der Waals surface area contributed by atoms with Crippen LogP contribution in [-0.4, -0.2) is 30.5 Å². The van der Waals surface area contributed by atoms with Gasteiger partial charge >= 0.3 is 0 Å². The molecule has 3 aromatic heterocycles. The molecular weight excluding hydrogens is 456 g/mol. The van der Waals surface area contributed by atoms with E-state index in [1.54, 1.807) is 23.3 Å². The second-order valence-corrected chi connectivity index (χ2v) is 10.9. The molecule has 7 nitrogen and oxygen atoms in total. The molecule has 0 aliphatic carbocycles. The second-order valence-electron chi connectivity index (χ2n) is 9.88. The van der Waals surface area contributed by atoms with Crippen molar-refractivity contribution < 1.29 is 4.79 Å². The van der Waals surface area contributed by atoms with E-state index < -0.39 is 0 Å². The number of aryl methyl sites for hydroxylation is 2. The molecule has 4 rings (SSSR count). The lowest BCUT2D eigenvalue weighted by Crippen LogP contribution is -2.10. The Morgan fingerprint density at radius 2 is 1.97 bits per heavy atom. The van der Waals surface area contributed by atoms with Crippen LogP contribution in [0.5, 0.6) is 0 Å². The Morgan fingerprint density at radius 1 is 1.17 bits per heavy atom. The molecule has 0 radical (unpaired) electrons. The van der Waals surface area contributed by atoms with Gasteiger partial charge in [0.2, 0.25) is 5.95 Å². The number of carbonyl (C=O) groups excluding carboxylic acids is 1. The fraction of sp³-hybridized carbons (Fsp3) is 0.370. The summed E-state index contributed by atoms with van der Waals surface area (Å²) < 4.78 is 1.72. The molecule has 0 saturated carbocycles. The van der Waals surface area contributed by atoms with Gasteiger partial charge in [-0.1, -0.05) is 39.8 Å². The molecule has 0 aliphatic rings. The standard InChI is InChI=1S/C27H32N6OS/c1-7-18(13-23(34)24-15-29-25(35-24)27(3,4)5)21-9-8-19(12-17(21)2)22-10-11-28-26(32-22)31-20-14-30-33(6)16-20/h8-12,14-16,18H,7,13H2,1-6H3,(H,28,31,32). The van der Waals surface area contributed by atoms with Crippen molar-refractivity contribution in [2.75, 3.05) is 5.32 Å². The van der Waals surface area contributed by atoms with E-state index >= 15 is 0 Å². The Hall–Kier alpha value is -3.39. The summed E-state index contributed by atoms with van der Waals surface area (Å²) in [5, 5.41) is 8.35. The lowest BCUT2D eigenvalue weighted by atomic mass is 9.87. The molecule has 1 atom stereocenters. The zero-order valence-electron chi connectivity index (χ0n) is 21.2. The highest BCUT2D eigenvalue weighted by Gasteiger charge is 2.23. The van der Waals surface area contributed by atoms with Gasteiger partial charge in [-0.05, 0) is 42.5 Å². The number of ketones is 1. The number of hydrogen-bond donors (Lipinski definition) is 1. The van der Waals surface area contributed by atoms with Crippen LogP contribution in [0.15, 0.2) is 49.1 Å². The van der Waals surface area contributed by atoms with E-state index in [-0.39, 0.29) is 17.1 Å². The SMILES string of the molecule is CCC(CC(=O)c1cnc(C(C)(C)C)s1)c1ccc(-c2ccnc(Nc3cnn(C)c3)n2)cc1C. The predicted molar refractivity (Wildman–Crippen MR) is 141 cm³/mol. The number of nitrogens with one attached hydrogen (secondary N) is 1. The summed E-state index contributed by atoms with van der Waals surface area (Å²) >= 11 is 1.52. The number of Topliss-reactive ketones (excluding diaryl/α,β-unsaturated/α-hetero) is 1. The van der Waals surface area contributed by atoms with Gasteiger partial charge in [0.05, 0.1) is 27.5 Å². The van der Waals surface area contributed by atoms with Gasteiger partial charge < -0.3 is 5.32 Å². The minimum Gasteiger partial charge on any atom is -0.321 e. The Bertz CT molecular complexity index is 1330. The summed E-state index contributed by atoms with van der Waals surface area (Å²) in [6, 6.07) is 8.26. The van der Waals surface area contributed by atoms with E-state index in [2.05, 4.69) is 78.2 Å². The molecule has 1 unspecified atom stereocenters. The Balaban J connectivity index is 1.51. The van der Waals surface area contributed by atoms with E-state index in [4.69, 9.17) is 0 Å². The highest BCUT2D eigenvalue weighted by molar-refractivity contribution is 7.13. The predicted octanol–water partition coefficient (Wildman–Crippen LogP) is 6.45. The minimum atomic E-state index is -0.0475. The largest absolute Gasteiger partial charge is 0.321 e. The molecule has 8 heteroatoms. The molecular formula is C27H32N6OS. The summed E-state index contributed by atoms with van der Waals surface area (Å²) in [6.45, 7) is 10.6. The minimum absolute atomic E-state index is 0.0475. The van der Waals surface area contributed by atoms with Crippen LogP contribution in [0, 0.1) is 6.92 Å². The van der Waals surface area contributed by atoms with Crippen molar-refractivity contribution in [3.63, 3.8) is 0 Å². The van der Waals surface area contributed by atoms with Gasteiger partial charge in [0.15, 0.2) is 5.78 Å². The van der Waals surface area contributed by atoms with E-state index in [1.807, 2.05) is 19.3 Å². The first-order chi connectivity index (χ1) is 16.6. The smallest absolute Gasteiger partial charge is 0.227 e. The molecule has 0 aliphatic heterocycles. The number of carbonyl (C=O) groups is 1. The molecule has 35 heavy (non-hydrogen) atoms. The fourth-order valence-corrected chi connectivity index (χ4v) is 4.96. The fourth-order valence-electron chi connectivity index (χ4n) is 4.04. The van der Waals surface area contributed by atoms with Crippen LogP contribution in [0.1, 0.15) is 72.3 Å². The average molecular weight is 489 g/mol. The summed E-state index contributed by atoms with van der Waals surface area (Å²) in [7, 11) is 1.87. The highest BCUT2D eigenvalue weighted by atomic mass is 32.1. The van der Waals surface area contributed by atoms with Gasteiger partial charge in [0.1, 0.15) is 0 Å². The molecule has 1 N–H and O–H groups in total. The zero-order valence-corrected chi connectivity index (χ0v) is 22.0. The van der Waals surface area contributed by atoms with Gasteiger partial charge in [-0.15, -0.1) is 11.3 Å². The van der Waals surface area contributed by atoms with Gasteiger partial charge in [0, 0.05) is 43.0 Å². The molecule has 0 fully saturated rings. The van der Waals surface area contributed by atoms with Gasteiger partial charge in [-0.25, -0.2) is 15.0 Å². The molecule has 4 aromatic rings. The number of nitrogens with zero attached hydrogens (tertiary/aromatic N) is 5. The van der Waals surface area contributed by atoms with Crippen molar-refractivity contribution in [3.8, 4) is 11.3 Å². The summed E-state index contributed by atoms with van der Waals surface area (Å²) in [4.78, 5) is 27.3. The number of hydrogen-bond acceptors (Lipinski definition) is 7. The zero-order chi connectivity index (χ0) is 25.2. The molecule has 0 bridgehead atoms. The summed E-state index contributed by atoms with van der Waals surface area (Å²) in [6.07, 6.45) is 8.47. The molecule has 182 valence electrons. The number of thiazole rings is 1. The highest BCUT2D eigenvalue weighted by Crippen LogP contribution is 2.33. The van der Waals surface area contributed by atoms with Crippen molar-refractivity contribution in [2.24, 2.45) is 7.05 Å². The van der Waals surface area contributed by atoms with Crippen LogP contribution < -0.4 is 5.32 Å². The lowest BCUT2D eigenvalue weighted by Gasteiger charge is -2.18. The van der Waals surface area contributed by atoms with Crippen LogP contribution in [0.3, 0.4) is 0 Å². The van der Waals surface area contributed by atoms with Crippen LogP contribution in [0.4, 0.5) is 11.6 Å². The van der Waals surface area contributed by atoms with Crippen molar-refractivity contribution in [2.45, 2.75) is 58.8 Å². The van der Waals surface area contributed by atoms with Crippen molar-refractivity contribution in [1.82, 2.24) is 24.7 Å². The van der Waals surface area contributed by atoms with Crippen molar-refractivity contribution >= 4 is 28.8 Å². The first-order valence-corrected chi connectivity index (χ1v) is 12.6. The topological polar surface area (TPSA) is 85.6 Å². The van der Waals surface area contributed by atoms with Crippen molar-refractivity contribution in [1.29, 1.82) is 0 Å². The number of benzene rings is 1. The maximum absolute atomic E-state index is 13.1. The number of aromatic nitrogens is 5. The third-order valence-electron chi connectivity index (χ3n) is 5.97. The number of anilines is 2. The van der Waals surface area contributed by atoms with Gasteiger partial charge in [-0.3, -0.25) is 9.48 Å². The summed E-state index contributed by atoms with van der Waals surface area (Å²) in [5.74, 6) is 0.841. The monoisotopic (exact) mass is 488 g/mol. The second kappa shape index (κ2) is 10.1. The maximum atomic E-state index is 13.1. The van der Waals surface area contributed by atoms with E-state index in [0.717, 1.165) is 38.8 Å². The van der Waals surface area contributed by atoms with Gasteiger partial charge in [0.25, 0.3) is 0 Å². The maximum Gasteiger partial charge on any atom is 0.227 e. The van der Waals surface area contributed by atoms with Crippen LogP contribution in [-0.2, 0) is 12.5 Å². The van der Waals surface area contributed by atoms with Crippen molar-refractivity contribution in [3.05, 3.63) is 70.1 Å². The normalized spacial score (nSPS) is 12.5. The molecule has 0 spiro atoms. The Labute approximate surface area is 210 Å². The first kappa shape index (κ1) is 24.7. The molecule has 0 saturated heterocycles. The van der Waals surface area contributed by atoms with Crippen LogP contribution in [0.25, 0.3) is 11.3 Å². The van der Waals surface area contributed by atoms with Crippen LogP contribution >= 0.6 is 11.3 Å². The Morgan fingerprint density at radius 3 is 2.60 bits per heavy atom. The first-order valence-electron chi connectivity index (χ1n) is 11.8. The third kappa shape index (κ3) is 5.82. The molecule has 3 heterocycles. The average Bonchev–Trinajstić information content (AvgIpc) is 3.47. The number of rotatable bonds is 8. The van der Waals surface area contributed by atoms with Gasteiger partial charge in [-0.2, -0.15) is 5.10 Å². The summed E-state index contributed by atoms with van der Waals surface area (Å²) in [5.41, 5.74) is 5.00. The Kier molecular flexibility index (Phi) is 7.12.